The van der Waals surface area contributed by atoms with Crippen molar-refractivity contribution in [2.75, 3.05) is 12.0 Å². The summed E-state index contributed by atoms with van der Waals surface area (Å²) < 4.78 is 6.78. The molecule has 2 rings (SSSR count). The lowest BCUT2D eigenvalue weighted by Gasteiger charge is -2.26. The summed E-state index contributed by atoms with van der Waals surface area (Å²) in [6.45, 7) is 4.02. The average molecular weight is 322 g/mol. The third-order valence-electron chi connectivity index (χ3n) is 3.40. The summed E-state index contributed by atoms with van der Waals surface area (Å²) in [7, 11) is 1.58. The summed E-state index contributed by atoms with van der Waals surface area (Å²) in [6.07, 6.45) is 4.19. The highest BCUT2D eigenvalue weighted by atomic mass is 35.5. The molecule has 1 aromatic heterocycles. The van der Waals surface area contributed by atoms with Gasteiger partial charge in [-0.2, -0.15) is 5.10 Å². The number of anilines is 1. The van der Waals surface area contributed by atoms with E-state index in [-0.39, 0.29) is 12.6 Å². The maximum Gasteiger partial charge on any atom is 0.246 e. The fourth-order valence-electron chi connectivity index (χ4n) is 2.22. The van der Waals surface area contributed by atoms with E-state index in [1.807, 2.05) is 24.3 Å². The molecule has 2 aromatic rings. The van der Waals surface area contributed by atoms with Gasteiger partial charge >= 0.3 is 0 Å². The molecule has 0 aliphatic heterocycles. The molecule has 0 radical (unpaired) electrons. The van der Waals surface area contributed by atoms with E-state index in [0.29, 0.717) is 5.75 Å². The van der Waals surface area contributed by atoms with E-state index in [4.69, 9.17) is 16.3 Å². The maximum atomic E-state index is 12.5. The van der Waals surface area contributed by atoms with Crippen molar-refractivity contribution in [3.05, 3.63) is 42.2 Å². The standard InChI is InChI=1S/C16H20ClN3O2/c1-4-13-7-5-6-8-15(13)20(16(21)12(2)17)11-19-10-14(22-3)9-18-19/h5-10,12H,4,11H2,1-3H3. The average Bonchev–Trinajstić information content (AvgIpc) is 2.99. The summed E-state index contributed by atoms with van der Waals surface area (Å²) >= 11 is 6.02. The lowest BCUT2D eigenvalue weighted by Crippen LogP contribution is -2.38. The first-order chi connectivity index (χ1) is 10.6. The Kier molecular flexibility index (Phi) is 5.44. The van der Waals surface area contributed by atoms with Gasteiger partial charge in [-0.1, -0.05) is 25.1 Å². The van der Waals surface area contributed by atoms with Crippen molar-refractivity contribution in [1.82, 2.24) is 9.78 Å². The third-order valence-corrected chi connectivity index (χ3v) is 3.59. The van der Waals surface area contributed by atoms with E-state index >= 15 is 0 Å². The first kappa shape index (κ1) is 16.4. The van der Waals surface area contributed by atoms with Gasteiger partial charge < -0.3 is 4.74 Å². The minimum Gasteiger partial charge on any atom is -0.493 e. The molecule has 0 aliphatic rings. The van der Waals surface area contributed by atoms with E-state index in [1.54, 1.807) is 36.0 Å². The van der Waals surface area contributed by atoms with Crippen molar-refractivity contribution in [2.45, 2.75) is 32.3 Å². The largest absolute Gasteiger partial charge is 0.493 e. The molecule has 0 spiro atoms. The first-order valence-electron chi connectivity index (χ1n) is 7.16. The Morgan fingerprint density at radius 2 is 2.18 bits per heavy atom. The Morgan fingerprint density at radius 1 is 1.45 bits per heavy atom. The topological polar surface area (TPSA) is 47.4 Å². The number of carbonyl (C=O) groups excluding carboxylic acids is 1. The van der Waals surface area contributed by atoms with Gasteiger partial charge in [0.05, 0.1) is 19.5 Å². The second-order valence-electron chi connectivity index (χ2n) is 4.93. The van der Waals surface area contributed by atoms with Crippen molar-refractivity contribution < 1.29 is 9.53 Å². The minimum atomic E-state index is -0.609. The number of ether oxygens (including phenoxy) is 1. The van der Waals surface area contributed by atoms with Crippen LogP contribution in [0.2, 0.25) is 0 Å². The first-order valence-corrected chi connectivity index (χ1v) is 7.60. The Balaban J connectivity index is 2.36. The Hall–Kier alpha value is -2.01. The van der Waals surface area contributed by atoms with Gasteiger partial charge in [0.15, 0.2) is 5.75 Å². The second-order valence-corrected chi connectivity index (χ2v) is 5.58. The number of methoxy groups -OCH3 is 1. The van der Waals surface area contributed by atoms with Gasteiger partial charge in [-0.15, -0.1) is 11.6 Å². The molecule has 0 aliphatic carbocycles. The highest BCUT2D eigenvalue weighted by Gasteiger charge is 2.22. The molecule has 0 saturated carbocycles. The zero-order valence-electron chi connectivity index (χ0n) is 13.0. The fourth-order valence-corrected chi connectivity index (χ4v) is 2.34. The molecule has 0 saturated heterocycles. The fraction of sp³-hybridized carbons (Fsp3) is 0.375. The highest BCUT2D eigenvalue weighted by molar-refractivity contribution is 6.32. The van der Waals surface area contributed by atoms with E-state index in [0.717, 1.165) is 17.7 Å². The van der Waals surface area contributed by atoms with Gasteiger partial charge in [0.1, 0.15) is 12.0 Å². The SMILES string of the molecule is CCc1ccccc1N(Cn1cc(OC)cn1)C(=O)C(C)Cl. The zero-order valence-corrected chi connectivity index (χ0v) is 13.7. The van der Waals surface area contributed by atoms with Gasteiger partial charge in [-0.3, -0.25) is 9.69 Å². The van der Waals surface area contributed by atoms with Crippen LogP contribution >= 0.6 is 11.6 Å². The number of nitrogens with zero attached hydrogens (tertiary/aromatic N) is 3. The molecule has 22 heavy (non-hydrogen) atoms. The molecule has 1 amide bonds. The van der Waals surface area contributed by atoms with E-state index < -0.39 is 5.38 Å². The number of para-hydroxylation sites is 1. The number of alkyl halides is 1. The van der Waals surface area contributed by atoms with Gasteiger partial charge in [0, 0.05) is 5.69 Å². The van der Waals surface area contributed by atoms with Crippen molar-refractivity contribution in [1.29, 1.82) is 0 Å². The van der Waals surface area contributed by atoms with Crippen LogP contribution in [-0.2, 0) is 17.9 Å². The Labute approximate surface area is 135 Å². The molecule has 5 nitrogen and oxygen atoms in total. The number of aromatic nitrogens is 2. The molecular formula is C16H20ClN3O2. The summed E-state index contributed by atoms with van der Waals surface area (Å²) in [5, 5.41) is 3.60. The van der Waals surface area contributed by atoms with Crippen LogP contribution in [0.25, 0.3) is 0 Å². The van der Waals surface area contributed by atoms with Crippen LogP contribution in [0.1, 0.15) is 19.4 Å². The van der Waals surface area contributed by atoms with E-state index in [9.17, 15) is 4.79 Å². The van der Waals surface area contributed by atoms with Gasteiger partial charge in [0.25, 0.3) is 0 Å². The van der Waals surface area contributed by atoms with Crippen LogP contribution in [0.4, 0.5) is 5.69 Å². The van der Waals surface area contributed by atoms with Crippen molar-refractivity contribution in [2.24, 2.45) is 0 Å². The zero-order chi connectivity index (χ0) is 16.1. The summed E-state index contributed by atoms with van der Waals surface area (Å²) in [5.41, 5.74) is 1.95. The number of rotatable bonds is 6. The number of benzene rings is 1. The van der Waals surface area contributed by atoms with Crippen LogP contribution in [0.15, 0.2) is 36.7 Å². The molecule has 0 bridgehead atoms. The summed E-state index contributed by atoms with van der Waals surface area (Å²) in [6, 6.07) is 7.82. The van der Waals surface area contributed by atoms with Crippen molar-refractivity contribution >= 4 is 23.2 Å². The van der Waals surface area contributed by atoms with Crippen LogP contribution in [0.5, 0.6) is 5.75 Å². The number of hydrogen-bond acceptors (Lipinski definition) is 3. The normalized spacial score (nSPS) is 12.0. The smallest absolute Gasteiger partial charge is 0.246 e. The predicted octanol–water partition coefficient (Wildman–Crippen LogP) is 3.07. The molecular weight excluding hydrogens is 302 g/mol. The lowest BCUT2D eigenvalue weighted by atomic mass is 10.1. The molecule has 1 aromatic carbocycles. The summed E-state index contributed by atoms with van der Waals surface area (Å²) in [5.74, 6) is 0.493. The quantitative estimate of drug-likeness (QED) is 0.768. The number of amides is 1. The van der Waals surface area contributed by atoms with Gasteiger partial charge in [-0.05, 0) is 25.0 Å². The molecule has 1 unspecified atom stereocenters. The molecule has 6 heteroatoms. The van der Waals surface area contributed by atoms with Crippen LogP contribution in [-0.4, -0.2) is 28.2 Å². The maximum absolute atomic E-state index is 12.5. The Morgan fingerprint density at radius 3 is 2.77 bits per heavy atom. The molecule has 0 N–H and O–H groups in total. The molecule has 1 atom stereocenters. The van der Waals surface area contributed by atoms with Crippen LogP contribution in [0.3, 0.4) is 0 Å². The Bertz CT molecular complexity index is 640. The second kappa shape index (κ2) is 7.31. The van der Waals surface area contributed by atoms with Crippen molar-refractivity contribution in [3.63, 3.8) is 0 Å². The molecule has 118 valence electrons. The highest BCUT2D eigenvalue weighted by Crippen LogP contribution is 2.23. The molecule has 0 fully saturated rings. The number of carbonyl (C=O) groups is 1. The van der Waals surface area contributed by atoms with E-state index in [1.165, 1.54) is 0 Å². The number of hydrogen-bond donors (Lipinski definition) is 0. The lowest BCUT2D eigenvalue weighted by molar-refractivity contribution is -0.118. The summed E-state index contributed by atoms with van der Waals surface area (Å²) in [4.78, 5) is 14.2. The predicted molar refractivity (Wildman–Crippen MR) is 87.4 cm³/mol. The van der Waals surface area contributed by atoms with Gasteiger partial charge in [-0.25, -0.2) is 4.68 Å². The monoisotopic (exact) mass is 321 g/mol. The number of halogens is 1. The third kappa shape index (κ3) is 3.60. The van der Waals surface area contributed by atoms with Crippen LogP contribution in [0, 0.1) is 0 Å². The van der Waals surface area contributed by atoms with Crippen molar-refractivity contribution in [3.8, 4) is 5.75 Å². The number of aryl methyl sites for hydroxylation is 1. The van der Waals surface area contributed by atoms with E-state index in [2.05, 4.69) is 12.0 Å². The van der Waals surface area contributed by atoms with Crippen LogP contribution < -0.4 is 9.64 Å². The molecule has 1 heterocycles. The minimum absolute atomic E-state index is 0.156. The van der Waals surface area contributed by atoms with Gasteiger partial charge in [0.2, 0.25) is 5.91 Å².